The fourth-order valence-corrected chi connectivity index (χ4v) is 8.59. The van der Waals surface area contributed by atoms with Gasteiger partial charge in [0.15, 0.2) is 0 Å². The molecule has 0 heterocycles. The number of ketones is 1. The molecule has 0 radical (unpaired) electrons. The minimum atomic E-state index is -2.55. The van der Waals surface area contributed by atoms with E-state index in [2.05, 4.69) is 72.8 Å². The van der Waals surface area contributed by atoms with Crippen LogP contribution in [0.25, 0.3) is 0 Å². The Morgan fingerprint density at radius 2 is 0.933 bits per heavy atom. The molecule has 0 spiro atoms. The Labute approximate surface area is 178 Å². The van der Waals surface area contributed by atoms with Crippen molar-refractivity contribution in [2.75, 3.05) is 12.8 Å². The molecule has 150 valence electrons. The molecule has 2 nitrogen and oxygen atoms in total. The summed E-state index contributed by atoms with van der Waals surface area (Å²) in [5.74, 6) is 0.833. The first-order valence-corrected chi connectivity index (χ1v) is 12.4. The first kappa shape index (κ1) is 20.1. The molecule has 0 saturated heterocycles. The molecule has 0 saturated carbocycles. The van der Waals surface area contributed by atoms with E-state index in [9.17, 15) is 4.79 Å². The van der Waals surface area contributed by atoms with Crippen molar-refractivity contribution in [3.63, 3.8) is 0 Å². The SMILES string of the molecule is O=C(COc1ccccc1)C[PH](c1ccccc1)(c1ccccc1)c1ccccc1. The number of para-hydroxylation sites is 1. The number of hydrogen-bond acceptors (Lipinski definition) is 2. The Kier molecular flexibility index (Phi) is 6.37. The van der Waals surface area contributed by atoms with E-state index < -0.39 is 7.26 Å². The summed E-state index contributed by atoms with van der Waals surface area (Å²) in [6, 6.07) is 41.0. The fraction of sp³-hybridized carbons (Fsp3) is 0.0741. The molecule has 4 aromatic carbocycles. The Hall–Kier alpha value is -3.22. The van der Waals surface area contributed by atoms with Gasteiger partial charge in [0.25, 0.3) is 0 Å². The van der Waals surface area contributed by atoms with Crippen LogP contribution in [0.3, 0.4) is 0 Å². The van der Waals surface area contributed by atoms with Crippen LogP contribution in [0, 0.1) is 0 Å². The number of ether oxygens (including phenoxy) is 1. The summed E-state index contributed by atoms with van der Waals surface area (Å²) >= 11 is 0. The molecule has 4 rings (SSSR count). The van der Waals surface area contributed by atoms with Crippen molar-refractivity contribution >= 4 is 29.0 Å². The van der Waals surface area contributed by atoms with Crippen LogP contribution in [0.15, 0.2) is 121 Å². The molecule has 0 aliphatic carbocycles. The van der Waals surface area contributed by atoms with Gasteiger partial charge >= 0.3 is 178 Å². The second-order valence-corrected chi connectivity index (χ2v) is 11.2. The van der Waals surface area contributed by atoms with Gasteiger partial charge in [0.2, 0.25) is 0 Å². The molecule has 0 atom stereocenters. The molecular weight excluding hydrogens is 387 g/mol. The van der Waals surface area contributed by atoms with Gasteiger partial charge in [0.1, 0.15) is 0 Å². The van der Waals surface area contributed by atoms with E-state index in [1.54, 1.807) is 0 Å². The van der Waals surface area contributed by atoms with E-state index in [0.29, 0.717) is 6.16 Å². The van der Waals surface area contributed by atoms with Crippen molar-refractivity contribution in [2.45, 2.75) is 0 Å². The van der Waals surface area contributed by atoms with E-state index >= 15 is 0 Å². The quantitative estimate of drug-likeness (QED) is 0.402. The normalized spacial score (nSPS) is 11.6. The van der Waals surface area contributed by atoms with Crippen molar-refractivity contribution in [3.8, 4) is 5.75 Å². The van der Waals surface area contributed by atoms with Crippen LogP contribution < -0.4 is 20.7 Å². The van der Waals surface area contributed by atoms with Gasteiger partial charge in [-0.2, -0.15) is 0 Å². The molecule has 0 N–H and O–H groups in total. The Balaban J connectivity index is 1.76. The number of benzene rings is 4. The molecule has 0 bridgehead atoms. The molecule has 0 amide bonds. The maximum absolute atomic E-state index is 13.3. The Morgan fingerprint density at radius 3 is 1.33 bits per heavy atom. The topological polar surface area (TPSA) is 26.3 Å². The Bertz CT molecular complexity index is 968. The van der Waals surface area contributed by atoms with Gasteiger partial charge in [-0.1, -0.05) is 0 Å². The van der Waals surface area contributed by atoms with Crippen LogP contribution in [0.1, 0.15) is 0 Å². The van der Waals surface area contributed by atoms with E-state index in [-0.39, 0.29) is 12.4 Å². The van der Waals surface area contributed by atoms with E-state index in [4.69, 9.17) is 4.74 Å². The number of carbonyl (C=O) groups excluding carboxylic acids is 1. The zero-order valence-corrected chi connectivity index (χ0v) is 17.8. The van der Waals surface area contributed by atoms with Gasteiger partial charge in [-0.05, 0) is 0 Å². The third kappa shape index (κ3) is 4.35. The summed E-state index contributed by atoms with van der Waals surface area (Å²) < 4.78 is 5.79. The minimum absolute atomic E-state index is 0.0747. The maximum atomic E-state index is 13.3. The summed E-state index contributed by atoms with van der Waals surface area (Å²) in [6.45, 7) is 0.0747. The van der Waals surface area contributed by atoms with Crippen molar-refractivity contribution < 1.29 is 9.53 Å². The van der Waals surface area contributed by atoms with Gasteiger partial charge in [0, 0.05) is 0 Å². The molecule has 30 heavy (non-hydrogen) atoms. The number of Topliss-reactive ketones (excluding diaryl/α,β-unsaturated/α-hetero) is 1. The molecular formula is C27H25O2P. The third-order valence-electron chi connectivity index (χ3n) is 5.41. The van der Waals surface area contributed by atoms with Crippen molar-refractivity contribution in [1.29, 1.82) is 0 Å². The summed E-state index contributed by atoms with van der Waals surface area (Å²) in [5, 5.41) is 3.70. The zero-order valence-electron chi connectivity index (χ0n) is 16.8. The first-order chi connectivity index (χ1) is 14.8. The summed E-state index contributed by atoms with van der Waals surface area (Å²) in [7, 11) is -2.55. The zero-order chi connectivity index (χ0) is 20.7. The molecule has 3 heteroatoms. The Morgan fingerprint density at radius 1 is 0.567 bits per heavy atom. The van der Waals surface area contributed by atoms with Crippen LogP contribution >= 0.6 is 7.26 Å². The van der Waals surface area contributed by atoms with Crippen molar-refractivity contribution in [1.82, 2.24) is 0 Å². The van der Waals surface area contributed by atoms with Crippen LogP contribution in [-0.4, -0.2) is 18.6 Å². The third-order valence-corrected chi connectivity index (χ3v) is 10.3. The van der Waals surface area contributed by atoms with E-state index in [0.717, 1.165) is 5.75 Å². The number of hydrogen-bond donors (Lipinski definition) is 0. The van der Waals surface area contributed by atoms with Gasteiger partial charge in [-0.3, -0.25) is 0 Å². The van der Waals surface area contributed by atoms with Crippen LogP contribution in [0.5, 0.6) is 5.75 Å². The van der Waals surface area contributed by atoms with Crippen molar-refractivity contribution in [2.24, 2.45) is 0 Å². The second kappa shape index (κ2) is 9.52. The molecule has 4 aromatic rings. The van der Waals surface area contributed by atoms with Crippen LogP contribution in [0.2, 0.25) is 0 Å². The summed E-state index contributed by atoms with van der Waals surface area (Å²) in [5.41, 5.74) is 0. The van der Waals surface area contributed by atoms with Gasteiger partial charge in [-0.15, -0.1) is 0 Å². The van der Waals surface area contributed by atoms with E-state index in [1.165, 1.54) is 15.9 Å². The first-order valence-electron chi connectivity index (χ1n) is 10.2. The molecule has 0 aliphatic rings. The second-order valence-electron chi connectivity index (χ2n) is 7.32. The van der Waals surface area contributed by atoms with E-state index in [1.807, 2.05) is 48.5 Å². The average molecular weight is 412 g/mol. The number of rotatable bonds is 8. The fourth-order valence-electron chi connectivity index (χ4n) is 4.00. The molecule has 0 fully saturated rings. The van der Waals surface area contributed by atoms with Crippen LogP contribution in [0.4, 0.5) is 0 Å². The van der Waals surface area contributed by atoms with Crippen molar-refractivity contribution in [3.05, 3.63) is 121 Å². The van der Waals surface area contributed by atoms with Gasteiger partial charge < -0.3 is 0 Å². The monoisotopic (exact) mass is 412 g/mol. The number of carbonyl (C=O) groups is 1. The predicted octanol–water partition coefficient (Wildman–Crippen LogP) is 4.36. The summed E-state index contributed by atoms with van der Waals surface area (Å²) in [4.78, 5) is 13.3. The summed E-state index contributed by atoms with van der Waals surface area (Å²) in [6.07, 6.45) is 0.456. The molecule has 0 aliphatic heterocycles. The average Bonchev–Trinajstić information content (AvgIpc) is 2.83. The predicted molar refractivity (Wildman–Crippen MR) is 128 cm³/mol. The van der Waals surface area contributed by atoms with Gasteiger partial charge in [-0.25, -0.2) is 0 Å². The van der Waals surface area contributed by atoms with Gasteiger partial charge in [0.05, 0.1) is 0 Å². The van der Waals surface area contributed by atoms with Crippen LogP contribution in [-0.2, 0) is 4.79 Å². The molecule has 0 aromatic heterocycles. The molecule has 0 unspecified atom stereocenters. The standard InChI is InChI=1S/C27H25O2P/c28-23(21-29-24-13-5-1-6-14-24)22-30(25-15-7-2-8-16-25,26-17-9-3-10-18-26)27-19-11-4-12-20-27/h1-20,30H,21-22H2.